The van der Waals surface area contributed by atoms with Crippen LogP contribution in [0.4, 0.5) is 0 Å². The average molecular weight is 639 g/mol. The number of hydrogen-bond donors (Lipinski definition) is 0. The minimum Gasteiger partial charge on any atom is -0.456 e. The van der Waals surface area contributed by atoms with Crippen LogP contribution in [0.2, 0.25) is 0 Å². The molecule has 0 radical (unpaired) electrons. The Morgan fingerprint density at radius 2 is 1.28 bits per heavy atom. The van der Waals surface area contributed by atoms with Gasteiger partial charge in [-0.25, -0.2) is 0 Å². The standard InChI is InChI=1S/C49H34O/c1-49(2)42-25-21-32(28-41(42)39-23-22-37-38(48(39)49)24-26-44-47(37)40-17-9-10-18-43(40)50-44)46-35-15-7-5-13-33(35)45(34-14-6-8-16-36(34)46)31-20-19-29-11-3-4-12-30(29)27-31/h3-26,28,30H,27H2,1-2H3. The SMILES string of the molecule is CC1(C)c2ccc(-c3c4ccccc4c(C4=CC=C5C=CC=CC5C4)c4ccccc34)cc2-c2ccc3c(ccc4oc5ccccc5c43)c21. The minimum absolute atomic E-state index is 0.146. The molecule has 0 fully saturated rings. The van der Waals surface area contributed by atoms with Gasteiger partial charge in [-0.3, -0.25) is 0 Å². The zero-order valence-corrected chi connectivity index (χ0v) is 28.1. The lowest BCUT2D eigenvalue weighted by Crippen LogP contribution is -2.15. The first kappa shape index (κ1) is 28.0. The molecule has 0 bridgehead atoms. The number of hydrogen-bond acceptors (Lipinski definition) is 1. The van der Waals surface area contributed by atoms with Crippen LogP contribution in [0.1, 0.15) is 37.0 Å². The van der Waals surface area contributed by atoms with Gasteiger partial charge in [-0.1, -0.05) is 147 Å². The lowest BCUT2D eigenvalue weighted by atomic mass is 9.78. The molecule has 8 aromatic rings. The van der Waals surface area contributed by atoms with Crippen LogP contribution < -0.4 is 0 Å². The molecule has 1 nitrogen and oxygen atoms in total. The van der Waals surface area contributed by atoms with Crippen molar-refractivity contribution >= 4 is 59.8 Å². The van der Waals surface area contributed by atoms with E-state index in [2.05, 4.69) is 159 Å². The summed E-state index contributed by atoms with van der Waals surface area (Å²) < 4.78 is 6.29. The van der Waals surface area contributed by atoms with Crippen molar-refractivity contribution in [2.45, 2.75) is 25.7 Å². The smallest absolute Gasteiger partial charge is 0.136 e. The number of para-hydroxylation sites is 1. The molecular formula is C49H34O. The second kappa shape index (κ2) is 10.1. The predicted molar refractivity (Wildman–Crippen MR) is 212 cm³/mol. The van der Waals surface area contributed by atoms with Gasteiger partial charge in [-0.05, 0) is 107 Å². The molecule has 1 unspecified atom stereocenters. The maximum atomic E-state index is 6.29. The predicted octanol–water partition coefficient (Wildman–Crippen LogP) is 13.5. The van der Waals surface area contributed by atoms with Gasteiger partial charge in [0.15, 0.2) is 0 Å². The molecule has 50 heavy (non-hydrogen) atoms. The molecule has 1 atom stereocenters. The van der Waals surface area contributed by atoms with Gasteiger partial charge in [0.1, 0.15) is 11.2 Å². The van der Waals surface area contributed by atoms with Crippen molar-refractivity contribution in [3.63, 3.8) is 0 Å². The van der Waals surface area contributed by atoms with Crippen LogP contribution in [0.15, 0.2) is 162 Å². The second-order valence-electron chi connectivity index (χ2n) is 14.8. The highest BCUT2D eigenvalue weighted by atomic mass is 16.3. The number of fused-ring (bicyclic) bond motifs is 12. The number of furan rings is 1. The van der Waals surface area contributed by atoms with Crippen LogP contribution >= 0.6 is 0 Å². The lowest BCUT2D eigenvalue weighted by molar-refractivity contribution is 0.665. The van der Waals surface area contributed by atoms with Crippen molar-refractivity contribution in [2.24, 2.45) is 5.92 Å². The topological polar surface area (TPSA) is 13.1 Å². The number of rotatable bonds is 2. The highest BCUT2D eigenvalue weighted by Crippen LogP contribution is 2.54. The molecule has 1 heteroatoms. The summed E-state index contributed by atoms with van der Waals surface area (Å²) in [5.74, 6) is 0.428. The van der Waals surface area contributed by atoms with Gasteiger partial charge in [-0.15, -0.1) is 0 Å². The largest absolute Gasteiger partial charge is 0.456 e. The fraction of sp³-hybridized carbons (Fsp3) is 0.102. The minimum atomic E-state index is -0.146. The summed E-state index contributed by atoms with van der Waals surface area (Å²) in [7, 11) is 0. The number of benzene rings is 7. The van der Waals surface area contributed by atoms with Crippen molar-refractivity contribution in [2.75, 3.05) is 0 Å². The molecule has 1 aromatic heterocycles. The maximum absolute atomic E-state index is 6.29. The molecule has 1 heterocycles. The Hall–Kier alpha value is -5.92. The van der Waals surface area contributed by atoms with Crippen molar-refractivity contribution in [3.8, 4) is 22.3 Å². The molecule has 0 N–H and O–H groups in total. The summed E-state index contributed by atoms with van der Waals surface area (Å²) in [4.78, 5) is 0. The third-order valence-corrected chi connectivity index (χ3v) is 11.8. The molecule has 0 spiro atoms. The summed E-state index contributed by atoms with van der Waals surface area (Å²) in [5, 5.41) is 10.2. The zero-order chi connectivity index (χ0) is 33.1. The summed E-state index contributed by atoms with van der Waals surface area (Å²) in [6, 6.07) is 42.9. The molecule has 11 rings (SSSR count). The van der Waals surface area contributed by atoms with Gasteiger partial charge in [-0.2, -0.15) is 0 Å². The summed E-state index contributed by atoms with van der Waals surface area (Å²) in [5.41, 5.74) is 14.0. The van der Waals surface area contributed by atoms with Crippen LogP contribution in [0.25, 0.3) is 82.1 Å². The first-order valence-corrected chi connectivity index (χ1v) is 17.8. The van der Waals surface area contributed by atoms with Crippen LogP contribution in [0.3, 0.4) is 0 Å². The highest BCUT2D eigenvalue weighted by Gasteiger charge is 2.37. The van der Waals surface area contributed by atoms with E-state index in [0.717, 1.165) is 17.6 Å². The van der Waals surface area contributed by atoms with Crippen LogP contribution in [-0.2, 0) is 5.41 Å². The van der Waals surface area contributed by atoms with E-state index in [1.165, 1.54) is 93.2 Å². The summed E-state index contributed by atoms with van der Waals surface area (Å²) in [6.45, 7) is 4.78. The Labute approximate surface area is 291 Å². The van der Waals surface area contributed by atoms with Gasteiger partial charge < -0.3 is 4.42 Å². The van der Waals surface area contributed by atoms with Crippen LogP contribution in [-0.4, -0.2) is 0 Å². The molecular weight excluding hydrogens is 605 g/mol. The van der Waals surface area contributed by atoms with Gasteiger partial charge >= 0.3 is 0 Å². The van der Waals surface area contributed by atoms with Crippen LogP contribution in [0, 0.1) is 5.92 Å². The van der Waals surface area contributed by atoms with Gasteiger partial charge in [0.05, 0.1) is 0 Å². The van der Waals surface area contributed by atoms with Crippen molar-refractivity contribution < 1.29 is 4.42 Å². The Kier molecular flexibility index (Phi) is 5.63. The number of allylic oxidation sites excluding steroid dienone is 8. The highest BCUT2D eigenvalue weighted by molar-refractivity contribution is 6.21. The third-order valence-electron chi connectivity index (χ3n) is 11.8. The van der Waals surface area contributed by atoms with E-state index in [1.54, 1.807) is 0 Å². The molecule has 0 saturated heterocycles. The van der Waals surface area contributed by atoms with E-state index in [-0.39, 0.29) is 5.41 Å². The van der Waals surface area contributed by atoms with E-state index in [4.69, 9.17) is 4.42 Å². The fourth-order valence-corrected chi connectivity index (χ4v) is 9.57. The zero-order valence-electron chi connectivity index (χ0n) is 28.1. The van der Waals surface area contributed by atoms with Crippen molar-refractivity contribution in [1.29, 1.82) is 0 Å². The van der Waals surface area contributed by atoms with E-state index >= 15 is 0 Å². The van der Waals surface area contributed by atoms with E-state index in [9.17, 15) is 0 Å². The molecule has 3 aliphatic rings. The Bertz CT molecular complexity index is 2860. The van der Waals surface area contributed by atoms with E-state index in [0.29, 0.717) is 5.92 Å². The summed E-state index contributed by atoms with van der Waals surface area (Å²) >= 11 is 0. The summed E-state index contributed by atoms with van der Waals surface area (Å²) in [6.07, 6.45) is 14.7. The quantitative estimate of drug-likeness (QED) is 0.172. The van der Waals surface area contributed by atoms with Crippen LogP contribution in [0.5, 0.6) is 0 Å². The normalized spacial score (nSPS) is 17.4. The Morgan fingerprint density at radius 1 is 0.580 bits per heavy atom. The molecule has 3 aliphatic carbocycles. The monoisotopic (exact) mass is 638 g/mol. The maximum Gasteiger partial charge on any atom is 0.136 e. The fourth-order valence-electron chi connectivity index (χ4n) is 9.57. The molecule has 236 valence electrons. The first-order chi connectivity index (χ1) is 24.6. The Balaban J connectivity index is 1.14. The van der Waals surface area contributed by atoms with Crippen molar-refractivity contribution in [3.05, 3.63) is 174 Å². The van der Waals surface area contributed by atoms with E-state index < -0.39 is 0 Å². The molecule has 0 amide bonds. The third kappa shape index (κ3) is 3.72. The Morgan fingerprint density at radius 3 is 2.06 bits per heavy atom. The second-order valence-corrected chi connectivity index (χ2v) is 14.8. The average Bonchev–Trinajstić information content (AvgIpc) is 3.65. The van der Waals surface area contributed by atoms with Gasteiger partial charge in [0.2, 0.25) is 0 Å². The van der Waals surface area contributed by atoms with E-state index in [1.807, 2.05) is 6.07 Å². The van der Waals surface area contributed by atoms with Crippen molar-refractivity contribution in [1.82, 2.24) is 0 Å². The first-order valence-electron chi connectivity index (χ1n) is 17.8. The molecule has 0 aliphatic heterocycles. The lowest BCUT2D eigenvalue weighted by Gasteiger charge is -2.25. The molecule has 7 aromatic carbocycles. The molecule has 0 saturated carbocycles. The van der Waals surface area contributed by atoms with Gasteiger partial charge in [0, 0.05) is 22.1 Å². The van der Waals surface area contributed by atoms with Gasteiger partial charge in [0.25, 0.3) is 0 Å².